The maximum atomic E-state index is 12.6. The average Bonchev–Trinajstić information content (AvgIpc) is 3.33. The van der Waals surface area contributed by atoms with Gasteiger partial charge in [0.2, 0.25) is 5.91 Å². The number of fused-ring (bicyclic) bond motifs is 3. The van der Waals surface area contributed by atoms with Gasteiger partial charge in [0.05, 0.1) is 41.8 Å². The summed E-state index contributed by atoms with van der Waals surface area (Å²) in [7, 11) is 0. The zero-order valence-electron chi connectivity index (χ0n) is 18.3. The minimum absolute atomic E-state index is 0.00588. The molecule has 1 N–H and O–H groups in total. The first-order chi connectivity index (χ1) is 16.0. The smallest absolute Gasteiger partial charge is 0.333 e. The summed E-state index contributed by atoms with van der Waals surface area (Å²) in [6.07, 6.45) is 5.74. The number of thiophene rings is 1. The zero-order valence-corrected chi connectivity index (χ0v) is 19.9. The molecule has 33 heavy (non-hydrogen) atoms. The van der Waals surface area contributed by atoms with Crippen LogP contribution >= 0.6 is 23.1 Å². The lowest BCUT2D eigenvalue weighted by Crippen LogP contribution is -2.29. The highest BCUT2D eigenvalue weighted by Gasteiger charge is 2.27. The molecular formula is C22H25N3O6S2. The van der Waals surface area contributed by atoms with Gasteiger partial charge in [-0.3, -0.25) is 14.4 Å². The largest absolute Gasteiger partial charge is 0.464 e. The Bertz CT molecular complexity index is 1170. The molecule has 1 aliphatic heterocycles. The van der Waals surface area contributed by atoms with Gasteiger partial charge in [0.1, 0.15) is 17.3 Å². The molecule has 0 aromatic carbocycles. The summed E-state index contributed by atoms with van der Waals surface area (Å²) >= 11 is 2.82. The Morgan fingerprint density at radius 1 is 1.21 bits per heavy atom. The predicted molar refractivity (Wildman–Crippen MR) is 125 cm³/mol. The molecule has 1 aliphatic carbocycles. The number of nitrogens with zero attached hydrogens (tertiary/aromatic N) is 2. The van der Waals surface area contributed by atoms with E-state index in [1.807, 2.05) is 0 Å². The number of esters is 2. The van der Waals surface area contributed by atoms with Crippen molar-refractivity contribution in [3.05, 3.63) is 37.7 Å². The van der Waals surface area contributed by atoms with E-state index in [0.717, 1.165) is 36.1 Å². The molecule has 2 aromatic heterocycles. The number of hydrogen-bond acceptors (Lipinski definition) is 9. The normalized spacial score (nSPS) is 16.9. The van der Waals surface area contributed by atoms with Crippen molar-refractivity contribution in [2.24, 2.45) is 0 Å². The third-order valence-electron chi connectivity index (χ3n) is 5.46. The minimum Gasteiger partial charge on any atom is -0.464 e. The molecule has 1 saturated heterocycles. The van der Waals surface area contributed by atoms with E-state index in [9.17, 15) is 19.2 Å². The molecule has 0 saturated carbocycles. The van der Waals surface area contributed by atoms with E-state index in [1.165, 1.54) is 27.6 Å². The number of aryl methyl sites for hydroxylation is 3. The molecule has 176 valence electrons. The van der Waals surface area contributed by atoms with E-state index in [2.05, 4.69) is 9.97 Å². The number of nitrogens with one attached hydrogen (secondary N) is 1. The molecule has 2 aromatic rings. The number of carbonyl (C=O) groups is 3. The van der Waals surface area contributed by atoms with Crippen molar-refractivity contribution in [2.45, 2.75) is 45.4 Å². The van der Waals surface area contributed by atoms with Gasteiger partial charge in [-0.25, -0.2) is 9.78 Å². The third kappa shape index (κ3) is 5.47. The van der Waals surface area contributed by atoms with Crippen LogP contribution in [0.2, 0.25) is 0 Å². The van der Waals surface area contributed by atoms with Crippen molar-refractivity contribution in [2.75, 3.05) is 25.5 Å². The van der Waals surface area contributed by atoms with Gasteiger partial charge in [-0.05, 0) is 38.2 Å². The van der Waals surface area contributed by atoms with E-state index < -0.39 is 11.9 Å². The Balaban J connectivity index is 1.30. The lowest BCUT2D eigenvalue weighted by atomic mass is 9.97. The van der Waals surface area contributed by atoms with Crippen LogP contribution in [0.25, 0.3) is 10.2 Å². The quantitative estimate of drug-likeness (QED) is 0.441. The number of aromatic nitrogens is 2. The van der Waals surface area contributed by atoms with Crippen molar-refractivity contribution in [1.29, 1.82) is 0 Å². The van der Waals surface area contributed by atoms with E-state index in [1.54, 1.807) is 18.3 Å². The van der Waals surface area contributed by atoms with Gasteiger partial charge in [0.15, 0.2) is 0 Å². The highest BCUT2D eigenvalue weighted by Crippen LogP contribution is 2.33. The molecule has 0 radical (unpaired) electrons. The summed E-state index contributed by atoms with van der Waals surface area (Å²) in [4.78, 5) is 59.3. The number of rotatable bonds is 8. The molecule has 11 heteroatoms. The van der Waals surface area contributed by atoms with Crippen LogP contribution < -0.4 is 5.56 Å². The van der Waals surface area contributed by atoms with E-state index in [0.29, 0.717) is 16.2 Å². The van der Waals surface area contributed by atoms with Crippen LogP contribution in [-0.4, -0.2) is 58.2 Å². The number of carbonyl (C=O) groups excluding carboxylic acids is 3. The number of amides is 1. The second-order valence-electron chi connectivity index (χ2n) is 7.69. The fourth-order valence-electron chi connectivity index (χ4n) is 3.92. The summed E-state index contributed by atoms with van der Waals surface area (Å²) in [6, 6.07) is 0. The van der Waals surface area contributed by atoms with Crippen molar-refractivity contribution >= 4 is 51.2 Å². The first-order valence-electron chi connectivity index (χ1n) is 11.0. The van der Waals surface area contributed by atoms with Gasteiger partial charge in [0.25, 0.3) is 5.56 Å². The van der Waals surface area contributed by atoms with Crippen LogP contribution in [0.15, 0.2) is 15.9 Å². The Labute approximate surface area is 198 Å². The number of ether oxygens (including phenoxy) is 2. The molecule has 4 rings (SSSR count). The van der Waals surface area contributed by atoms with E-state index in [-0.39, 0.29) is 49.8 Å². The molecule has 9 nitrogen and oxygen atoms in total. The molecular weight excluding hydrogens is 466 g/mol. The monoisotopic (exact) mass is 491 g/mol. The Morgan fingerprint density at radius 2 is 2.03 bits per heavy atom. The fourth-order valence-corrected chi connectivity index (χ4v) is 6.16. The number of aromatic amines is 1. The topological polar surface area (TPSA) is 119 Å². The Hall–Kier alpha value is -2.66. The predicted octanol–water partition coefficient (Wildman–Crippen LogP) is 2.32. The summed E-state index contributed by atoms with van der Waals surface area (Å²) in [5.74, 6) is -0.415. The summed E-state index contributed by atoms with van der Waals surface area (Å²) in [5.41, 5.74) is 0.987. The molecule has 0 bridgehead atoms. The van der Waals surface area contributed by atoms with Gasteiger partial charge in [-0.2, -0.15) is 0 Å². The zero-order chi connectivity index (χ0) is 23.4. The minimum atomic E-state index is -0.512. The van der Waals surface area contributed by atoms with Crippen molar-refractivity contribution < 1.29 is 23.9 Å². The molecule has 0 unspecified atom stereocenters. The highest BCUT2D eigenvalue weighted by atomic mass is 32.2. The maximum Gasteiger partial charge on any atom is 0.333 e. The number of hydrogen-bond donors (Lipinski definition) is 1. The fraction of sp³-hybridized carbons (Fsp3) is 0.500. The van der Waals surface area contributed by atoms with Crippen molar-refractivity contribution in [3.63, 3.8) is 0 Å². The SMILES string of the molecule is CCOC(=O)/C=C1\SCC(=O)N1CCOC(=O)CCc1nc2sc3c(c2c(=O)[nH]1)CCCC3. The molecule has 2 aliphatic rings. The molecule has 1 amide bonds. The van der Waals surface area contributed by atoms with E-state index in [4.69, 9.17) is 9.47 Å². The van der Waals surface area contributed by atoms with Gasteiger partial charge >= 0.3 is 11.9 Å². The van der Waals surface area contributed by atoms with Crippen LogP contribution in [0.1, 0.15) is 42.5 Å². The maximum absolute atomic E-state index is 12.6. The van der Waals surface area contributed by atoms with Crippen LogP contribution in [0, 0.1) is 0 Å². The molecule has 0 atom stereocenters. The molecule has 0 spiro atoms. The second-order valence-corrected chi connectivity index (χ2v) is 9.77. The number of H-pyrrole nitrogens is 1. The number of thioether (sulfide) groups is 1. The van der Waals surface area contributed by atoms with Crippen LogP contribution in [0.4, 0.5) is 0 Å². The standard InChI is InChI=1S/C22H25N3O6S2/c1-2-30-19(28)11-17-25(16(26)12-32-17)9-10-31-18(27)8-7-15-23-21(29)20-13-5-3-4-6-14(13)33-22(20)24-15/h11H,2-10,12H2,1H3,(H,23,24,29)/b17-11-. The molecule has 1 fully saturated rings. The van der Waals surface area contributed by atoms with Gasteiger partial charge in [0, 0.05) is 11.3 Å². The summed E-state index contributed by atoms with van der Waals surface area (Å²) in [5, 5.41) is 1.18. The summed E-state index contributed by atoms with van der Waals surface area (Å²) in [6.45, 7) is 2.12. The Kier molecular flexibility index (Phi) is 7.49. The highest BCUT2D eigenvalue weighted by molar-refractivity contribution is 8.04. The van der Waals surface area contributed by atoms with Crippen LogP contribution in [0.3, 0.4) is 0 Å². The molecule has 3 heterocycles. The first-order valence-corrected chi connectivity index (χ1v) is 12.8. The van der Waals surface area contributed by atoms with Gasteiger partial charge < -0.3 is 19.4 Å². The first kappa shape index (κ1) is 23.5. The lowest BCUT2D eigenvalue weighted by Gasteiger charge is -2.16. The van der Waals surface area contributed by atoms with Crippen molar-refractivity contribution in [1.82, 2.24) is 14.9 Å². The average molecular weight is 492 g/mol. The Morgan fingerprint density at radius 3 is 2.85 bits per heavy atom. The third-order valence-corrected chi connectivity index (χ3v) is 7.67. The van der Waals surface area contributed by atoms with Gasteiger partial charge in [-0.1, -0.05) is 11.8 Å². The lowest BCUT2D eigenvalue weighted by molar-refractivity contribution is -0.145. The summed E-state index contributed by atoms with van der Waals surface area (Å²) < 4.78 is 10.1. The second kappa shape index (κ2) is 10.5. The van der Waals surface area contributed by atoms with E-state index >= 15 is 0 Å². The van der Waals surface area contributed by atoms with Crippen LogP contribution in [0.5, 0.6) is 0 Å². The van der Waals surface area contributed by atoms with Crippen molar-refractivity contribution in [3.8, 4) is 0 Å². The van der Waals surface area contributed by atoms with Crippen LogP contribution in [-0.2, 0) is 43.1 Å². The van der Waals surface area contributed by atoms with Gasteiger partial charge in [-0.15, -0.1) is 11.3 Å².